The zero-order valence-electron chi connectivity index (χ0n) is 10.9. The summed E-state index contributed by atoms with van der Waals surface area (Å²) in [5, 5.41) is 8.01. The molecular formula is C12H23N3O2. The minimum atomic E-state index is -0.430. The molecule has 1 rings (SSSR count). The number of nitrogens with one attached hydrogen (secondary N) is 3. The molecule has 3 N–H and O–H groups in total. The third kappa shape index (κ3) is 4.34. The first-order valence-electron chi connectivity index (χ1n) is 6.29. The third-order valence-electron chi connectivity index (χ3n) is 3.36. The molecule has 0 aromatic rings. The normalized spacial score (nSPS) is 19.0. The SMILES string of the molecule is CCNC(=O)NC(=O)C(C)NCC1(C)CCC1. The number of hydrogen-bond acceptors (Lipinski definition) is 3. The van der Waals surface area contributed by atoms with Gasteiger partial charge >= 0.3 is 6.03 Å². The maximum atomic E-state index is 11.6. The minimum Gasteiger partial charge on any atom is -0.338 e. The second-order valence-corrected chi connectivity index (χ2v) is 5.12. The Hall–Kier alpha value is -1.10. The van der Waals surface area contributed by atoms with Gasteiger partial charge in [0.15, 0.2) is 0 Å². The fourth-order valence-electron chi connectivity index (χ4n) is 1.87. The maximum Gasteiger partial charge on any atom is 0.321 e. The molecule has 1 saturated carbocycles. The van der Waals surface area contributed by atoms with E-state index in [-0.39, 0.29) is 11.9 Å². The number of rotatable bonds is 5. The smallest absolute Gasteiger partial charge is 0.321 e. The van der Waals surface area contributed by atoms with Gasteiger partial charge in [0, 0.05) is 13.1 Å². The summed E-state index contributed by atoms with van der Waals surface area (Å²) < 4.78 is 0. The van der Waals surface area contributed by atoms with Crippen LogP contribution < -0.4 is 16.0 Å². The second kappa shape index (κ2) is 6.00. The van der Waals surface area contributed by atoms with Gasteiger partial charge in [-0.15, -0.1) is 0 Å². The van der Waals surface area contributed by atoms with Crippen LogP contribution in [0.5, 0.6) is 0 Å². The van der Waals surface area contributed by atoms with Crippen LogP contribution in [-0.2, 0) is 4.79 Å². The molecule has 1 unspecified atom stereocenters. The van der Waals surface area contributed by atoms with Crippen molar-refractivity contribution in [1.82, 2.24) is 16.0 Å². The molecule has 3 amide bonds. The van der Waals surface area contributed by atoms with E-state index >= 15 is 0 Å². The summed E-state index contributed by atoms with van der Waals surface area (Å²) >= 11 is 0. The van der Waals surface area contributed by atoms with E-state index in [2.05, 4.69) is 22.9 Å². The van der Waals surface area contributed by atoms with E-state index in [1.807, 2.05) is 6.92 Å². The molecule has 17 heavy (non-hydrogen) atoms. The fraction of sp³-hybridized carbons (Fsp3) is 0.833. The Morgan fingerprint density at radius 3 is 2.47 bits per heavy atom. The van der Waals surface area contributed by atoms with Gasteiger partial charge in [0.05, 0.1) is 6.04 Å². The van der Waals surface area contributed by atoms with E-state index < -0.39 is 6.03 Å². The van der Waals surface area contributed by atoms with Crippen molar-refractivity contribution in [3.8, 4) is 0 Å². The van der Waals surface area contributed by atoms with Gasteiger partial charge in [-0.05, 0) is 32.1 Å². The molecule has 1 aliphatic carbocycles. The van der Waals surface area contributed by atoms with Crippen LogP contribution in [0.3, 0.4) is 0 Å². The van der Waals surface area contributed by atoms with Gasteiger partial charge in [-0.1, -0.05) is 13.3 Å². The van der Waals surface area contributed by atoms with E-state index in [0.29, 0.717) is 12.0 Å². The van der Waals surface area contributed by atoms with Crippen LogP contribution in [0.4, 0.5) is 4.79 Å². The largest absolute Gasteiger partial charge is 0.338 e. The first-order valence-corrected chi connectivity index (χ1v) is 6.29. The summed E-state index contributed by atoms with van der Waals surface area (Å²) in [5.41, 5.74) is 0.334. The van der Waals surface area contributed by atoms with Gasteiger partial charge in [-0.3, -0.25) is 10.1 Å². The summed E-state index contributed by atoms with van der Waals surface area (Å²) in [6, 6.07) is -0.768. The van der Waals surface area contributed by atoms with Gasteiger partial charge in [-0.2, -0.15) is 0 Å². The Morgan fingerprint density at radius 2 is 2.00 bits per heavy atom. The highest BCUT2D eigenvalue weighted by molar-refractivity contribution is 5.96. The molecule has 0 spiro atoms. The highest BCUT2D eigenvalue weighted by Crippen LogP contribution is 2.39. The predicted molar refractivity (Wildman–Crippen MR) is 66.6 cm³/mol. The molecule has 1 fully saturated rings. The van der Waals surface area contributed by atoms with E-state index in [1.54, 1.807) is 6.92 Å². The van der Waals surface area contributed by atoms with Crippen LogP contribution in [0, 0.1) is 5.41 Å². The van der Waals surface area contributed by atoms with Crippen LogP contribution in [0.2, 0.25) is 0 Å². The Kier molecular flexibility index (Phi) is 4.93. The lowest BCUT2D eigenvalue weighted by Crippen LogP contribution is -2.50. The standard InChI is InChI=1S/C12H23N3O2/c1-4-13-11(17)15-10(16)9(2)14-8-12(3)6-5-7-12/h9,14H,4-8H2,1-3H3,(H2,13,15,16,17). The zero-order valence-corrected chi connectivity index (χ0v) is 10.9. The van der Waals surface area contributed by atoms with Gasteiger partial charge in [-0.25, -0.2) is 4.79 Å². The second-order valence-electron chi connectivity index (χ2n) is 5.12. The fourth-order valence-corrected chi connectivity index (χ4v) is 1.87. The predicted octanol–water partition coefficient (Wildman–Crippen LogP) is 1.00. The van der Waals surface area contributed by atoms with E-state index in [4.69, 9.17) is 0 Å². The van der Waals surface area contributed by atoms with E-state index in [9.17, 15) is 9.59 Å². The number of urea groups is 1. The summed E-state index contributed by atoms with van der Waals surface area (Å²) in [7, 11) is 0. The molecule has 98 valence electrons. The van der Waals surface area contributed by atoms with Crippen LogP contribution in [0.1, 0.15) is 40.0 Å². The molecule has 5 heteroatoms. The van der Waals surface area contributed by atoms with E-state index in [1.165, 1.54) is 19.3 Å². The maximum absolute atomic E-state index is 11.6. The van der Waals surface area contributed by atoms with Gasteiger partial charge in [0.2, 0.25) is 5.91 Å². The summed E-state index contributed by atoms with van der Waals surface area (Å²) in [4.78, 5) is 22.8. The average Bonchev–Trinajstić information content (AvgIpc) is 2.23. The highest BCUT2D eigenvalue weighted by Gasteiger charge is 2.32. The Labute approximate surface area is 103 Å². The number of hydrogen-bond donors (Lipinski definition) is 3. The lowest BCUT2D eigenvalue weighted by molar-refractivity contribution is -0.121. The lowest BCUT2D eigenvalue weighted by Gasteiger charge is -2.39. The van der Waals surface area contributed by atoms with Crippen molar-refractivity contribution in [2.24, 2.45) is 5.41 Å². The Morgan fingerprint density at radius 1 is 1.35 bits per heavy atom. The van der Waals surface area contributed by atoms with Crippen LogP contribution in [0.25, 0.3) is 0 Å². The van der Waals surface area contributed by atoms with Crippen LogP contribution in [-0.4, -0.2) is 31.1 Å². The minimum absolute atomic E-state index is 0.279. The Balaban J connectivity index is 2.24. The topological polar surface area (TPSA) is 70.2 Å². The summed E-state index contributed by atoms with van der Waals surface area (Å²) in [6.07, 6.45) is 3.70. The van der Waals surface area contributed by atoms with Crippen molar-refractivity contribution in [3.05, 3.63) is 0 Å². The molecule has 0 aliphatic heterocycles. The highest BCUT2D eigenvalue weighted by atomic mass is 16.2. The lowest BCUT2D eigenvalue weighted by atomic mass is 9.70. The van der Waals surface area contributed by atoms with Crippen molar-refractivity contribution in [3.63, 3.8) is 0 Å². The molecular weight excluding hydrogens is 218 g/mol. The molecule has 0 heterocycles. The summed E-state index contributed by atoms with van der Waals surface area (Å²) in [6.45, 7) is 7.15. The van der Waals surface area contributed by atoms with Gasteiger partial charge in [0.25, 0.3) is 0 Å². The number of amides is 3. The number of imide groups is 1. The monoisotopic (exact) mass is 241 g/mol. The van der Waals surface area contributed by atoms with Crippen LogP contribution >= 0.6 is 0 Å². The molecule has 1 aliphatic rings. The van der Waals surface area contributed by atoms with Gasteiger partial charge in [0.1, 0.15) is 0 Å². The van der Waals surface area contributed by atoms with Crippen LogP contribution in [0.15, 0.2) is 0 Å². The number of carbonyl (C=O) groups excluding carboxylic acids is 2. The van der Waals surface area contributed by atoms with E-state index in [0.717, 1.165) is 6.54 Å². The van der Waals surface area contributed by atoms with Crippen molar-refractivity contribution in [2.45, 2.75) is 46.1 Å². The molecule has 0 radical (unpaired) electrons. The van der Waals surface area contributed by atoms with Gasteiger partial charge < -0.3 is 10.6 Å². The molecule has 1 atom stereocenters. The average molecular weight is 241 g/mol. The quantitative estimate of drug-likeness (QED) is 0.672. The van der Waals surface area contributed by atoms with Crippen molar-refractivity contribution < 1.29 is 9.59 Å². The number of carbonyl (C=O) groups is 2. The third-order valence-corrected chi connectivity index (χ3v) is 3.36. The Bertz CT molecular complexity index is 287. The summed E-state index contributed by atoms with van der Waals surface area (Å²) in [5.74, 6) is -0.279. The van der Waals surface area contributed by atoms with Crippen molar-refractivity contribution in [1.29, 1.82) is 0 Å². The molecule has 0 aromatic heterocycles. The van der Waals surface area contributed by atoms with Crippen molar-refractivity contribution >= 4 is 11.9 Å². The first-order chi connectivity index (χ1) is 7.97. The molecule has 0 bridgehead atoms. The zero-order chi connectivity index (χ0) is 12.9. The molecule has 0 aromatic carbocycles. The van der Waals surface area contributed by atoms with Crippen molar-refractivity contribution in [2.75, 3.05) is 13.1 Å². The molecule has 0 saturated heterocycles. The first kappa shape index (κ1) is 14.0. The molecule has 5 nitrogen and oxygen atoms in total.